The maximum absolute atomic E-state index is 13.4. The number of aromatic nitrogens is 1. The molecule has 0 aliphatic heterocycles. The molecule has 6 nitrogen and oxygen atoms in total. The van der Waals surface area contributed by atoms with Gasteiger partial charge in [0, 0.05) is 30.4 Å². The number of aliphatic hydroxyl groups is 1. The van der Waals surface area contributed by atoms with Gasteiger partial charge in [0.1, 0.15) is 11.6 Å². The van der Waals surface area contributed by atoms with Crippen LogP contribution in [0.25, 0.3) is 0 Å². The number of aliphatic hydroxyl groups excluding tert-OH is 1. The topological polar surface area (TPSA) is 78.8 Å². The summed E-state index contributed by atoms with van der Waals surface area (Å²) in [6.07, 6.45) is 4.92. The largest absolute Gasteiger partial charge is 0.439 e. The summed E-state index contributed by atoms with van der Waals surface area (Å²) in [5, 5.41) is 16.4. The number of aliphatic imine (C=N–C) groups is 1. The number of hydrogen-bond acceptors (Lipinski definition) is 4. The van der Waals surface area contributed by atoms with E-state index in [0.717, 1.165) is 43.8 Å². The molecule has 3 rings (SSSR count). The molecule has 3 N–H and O–H groups in total. The lowest BCUT2D eigenvalue weighted by molar-refractivity contribution is 0.120. The minimum absolute atomic E-state index is 0.185. The minimum Gasteiger partial charge on any atom is -0.439 e. The first-order chi connectivity index (χ1) is 13.6. The molecule has 28 heavy (non-hydrogen) atoms. The predicted octanol–water partition coefficient (Wildman–Crippen LogP) is 3.37. The fraction of sp³-hybridized carbons (Fsp3) is 0.429. The highest BCUT2D eigenvalue weighted by Crippen LogP contribution is 2.24. The summed E-state index contributed by atoms with van der Waals surface area (Å²) < 4.78 is 19.2. The molecule has 1 fully saturated rings. The van der Waals surface area contributed by atoms with Crippen LogP contribution in [0.2, 0.25) is 0 Å². The Balaban J connectivity index is 1.68. The molecule has 1 aromatic heterocycles. The summed E-state index contributed by atoms with van der Waals surface area (Å²) in [6.45, 7) is 3.15. The maximum Gasteiger partial charge on any atom is 0.224 e. The Morgan fingerprint density at radius 1 is 1.25 bits per heavy atom. The lowest BCUT2D eigenvalue weighted by Crippen LogP contribution is -2.45. The monoisotopic (exact) mass is 386 g/mol. The van der Waals surface area contributed by atoms with Gasteiger partial charge in [0.05, 0.1) is 12.6 Å². The van der Waals surface area contributed by atoms with Gasteiger partial charge < -0.3 is 20.5 Å². The van der Waals surface area contributed by atoms with Gasteiger partial charge in [-0.15, -0.1) is 0 Å². The highest BCUT2D eigenvalue weighted by Gasteiger charge is 2.20. The second-order valence-corrected chi connectivity index (χ2v) is 6.87. The quantitative estimate of drug-likeness (QED) is 0.524. The third-order valence-electron chi connectivity index (χ3n) is 4.65. The van der Waals surface area contributed by atoms with Crippen LogP contribution in [0.15, 0.2) is 47.6 Å². The number of guanidine groups is 1. The minimum atomic E-state index is -0.357. The summed E-state index contributed by atoms with van der Waals surface area (Å²) in [5.41, 5.74) is 0.808. The van der Waals surface area contributed by atoms with E-state index in [-0.39, 0.29) is 11.9 Å². The third kappa shape index (κ3) is 5.92. The Kier molecular flexibility index (Phi) is 7.19. The normalized spacial score (nSPS) is 19.9. The highest BCUT2D eigenvalue weighted by molar-refractivity contribution is 5.80. The van der Waals surface area contributed by atoms with Gasteiger partial charge in [-0.2, -0.15) is 0 Å². The Morgan fingerprint density at radius 2 is 2.07 bits per heavy atom. The lowest BCUT2D eigenvalue weighted by atomic mass is 9.93. The summed E-state index contributed by atoms with van der Waals surface area (Å²) in [7, 11) is 0. The SMILES string of the molecule is CCNC(=NCc1cccnc1Oc1cccc(F)c1)NC1CCC(O)CC1. The molecule has 150 valence electrons. The van der Waals surface area contributed by atoms with E-state index in [4.69, 9.17) is 4.74 Å². The van der Waals surface area contributed by atoms with Crippen LogP contribution in [0.1, 0.15) is 38.2 Å². The van der Waals surface area contributed by atoms with Gasteiger partial charge >= 0.3 is 0 Å². The molecule has 0 bridgehead atoms. The molecule has 1 aromatic carbocycles. The number of hydrogen-bond donors (Lipinski definition) is 3. The average Bonchev–Trinajstić information content (AvgIpc) is 2.69. The van der Waals surface area contributed by atoms with Crippen LogP contribution >= 0.6 is 0 Å². The molecular weight excluding hydrogens is 359 g/mol. The van der Waals surface area contributed by atoms with Crippen molar-refractivity contribution in [2.75, 3.05) is 6.54 Å². The molecule has 0 atom stereocenters. The predicted molar refractivity (Wildman–Crippen MR) is 107 cm³/mol. The molecule has 7 heteroatoms. The first-order valence-electron chi connectivity index (χ1n) is 9.74. The lowest BCUT2D eigenvalue weighted by Gasteiger charge is -2.27. The van der Waals surface area contributed by atoms with Gasteiger partial charge in [0.15, 0.2) is 5.96 Å². The zero-order chi connectivity index (χ0) is 19.8. The first-order valence-corrected chi connectivity index (χ1v) is 9.74. The molecule has 0 unspecified atom stereocenters. The zero-order valence-electron chi connectivity index (χ0n) is 16.1. The summed E-state index contributed by atoms with van der Waals surface area (Å²) >= 11 is 0. The number of rotatable bonds is 6. The number of halogens is 1. The van der Waals surface area contributed by atoms with E-state index in [1.54, 1.807) is 18.3 Å². The molecular formula is C21H27FN4O2. The van der Waals surface area contributed by atoms with Crippen LogP contribution in [0.5, 0.6) is 11.6 Å². The number of ether oxygens (including phenoxy) is 1. The Hall–Kier alpha value is -2.67. The van der Waals surface area contributed by atoms with E-state index >= 15 is 0 Å². The molecule has 1 aliphatic rings. The van der Waals surface area contributed by atoms with Gasteiger partial charge in [0.25, 0.3) is 0 Å². The van der Waals surface area contributed by atoms with Gasteiger partial charge in [-0.1, -0.05) is 12.1 Å². The van der Waals surface area contributed by atoms with Crippen molar-refractivity contribution in [1.82, 2.24) is 15.6 Å². The fourth-order valence-electron chi connectivity index (χ4n) is 3.18. The van der Waals surface area contributed by atoms with E-state index < -0.39 is 0 Å². The Morgan fingerprint density at radius 3 is 2.82 bits per heavy atom. The number of nitrogens with one attached hydrogen (secondary N) is 2. The Labute approximate surface area is 164 Å². The maximum atomic E-state index is 13.4. The van der Waals surface area contributed by atoms with Crippen molar-refractivity contribution in [3.05, 3.63) is 54.0 Å². The van der Waals surface area contributed by atoms with E-state index in [2.05, 4.69) is 20.6 Å². The first kappa shape index (κ1) is 20.1. The molecule has 0 radical (unpaired) electrons. The number of nitrogens with zero attached hydrogens (tertiary/aromatic N) is 2. The van der Waals surface area contributed by atoms with Crippen molar-refractivity contribution in [2.45, 2.75) is 51.3 Å². The van der Waals surface area contributed by atoms with Gasteiger partial charge in [-0.25, -0.2) is 14.4 Å². The van der Waals surface area contributed by atoms with Crippen molar-refractivity contribution in [1.29, 1.82) is 0 Å². The van der Waals surface area contributed by atoms with Crippen LogP contribution < -0.4 is 15.4 Å². The second kappa shape index (κ2) is 10.0. The van der Waals surface area contributed by atoms with Gasteiger partial charge in [-0.05, 0) is 50.8 Å². The van der Waals surface area contributed by atoms with Crippen LogP contribution in [0.4, 0.5) is 4.39 Å². The smallest absolute Gasteiger partial charge is 0.224 e. The standard InChI is InChI=1S/C21H27FN4O2/c1-2-23-21(26-17-8-10-18(27)11-9-17)25-14-15-5-4-12-24-20(15)28-19-7-3-6-16(22)13-19/h3-7,12-13,17-18,27H,2,8-11,14H2,1H3,(H2,23,25,26). The van der Waals surface area contributed by atoms with Gasteiger partial charge in [-0.3, -0.25) is 0 Å². The molecule has 0 spiro atoms. The average molecular weight is 386 g/mol. The number of benzene rings is 1. The van der Waals surface area contributed by atoms with Crippen LogP contribution in [-0.2, 0) is 6.54 Å². The third-order valence-corrected chi connectivity index (χ3v) is 4.65. The van der Waals surface area contributed by atoms with Crippen LogP contribution in [0.3, 0.4) is 0 Å². The fourth-order valence-corrected chi connectivity index (χ4v) is 3.18. The van der Waals surface area contributed by atoms with Crippen molar-refractivity contribution < 1.29 is 14.2 Å². The summed E-state index contributed by atoms with van der Waals surface area (Å²) in [5.74, 6) is 1.18. The summed E-state index contributed by atoms with van der Waals surface area (Å²) in [4.78, 5) is 8.92. The van der Waals surface area contributed by atoms with Crippen molar-refractivity contribution in [3.63, 3.8) is 0 Å². The van der Waals surface area contributed by atoms with Crippen molar-refractivity contribution in [3.8, 4) is 11.6 Å². The summed E-state index contributed by atoms with van der Waals surface area (Å²) in [6, 6.07) is 10.0. The molecule has 0 amide bonds. The van der Waals surface area contributed by atoms with Crippen LogP contribution in [-0.4, -0.2) is 34.7 Å². The van der Waals surface area contributed by atoms with E-state index in [0.29, 0.717) is 24.2 Å². The van der Waals surface area contributed by atoms with Crippen molar-refractivity contribution in [2.24, 2.45) is 4.99 Å². The number of pyridine rings is 1. The molecule has 0 saturated heterocycles. The molecule has 2 aromatic rings. The molecule has 1 saturated carbocycles. The molecule has 1 aliphatic carbocycles. The van der Waals surface area contributed by atoms with E-state index in [1.165, 1.54) is 12.1 Å². The van der Waals surface area contributed by atoms with Crippen LogP contribution in [0, 0.1) is 5.82 Å². The highest BCUT2D eigenvalue weighted by atomic mass is 19.1. The van der Waals surface area contributed by atoms with Crippen molar-refractivity contribution >= 4 is 5.96 Å². The van der Waals surface area contributed by atoms with E-state index in [1.807, 2.05) is 19.1 Å². The van der Waals surface area contributed by atoms with Gasteiger partial charge in [0.2, 0.25) is 5.88 Å². The zero-order valence-corrected chi connectivity index (χ0v) is 16.1. The molecule has 1 heterocycles. The Bertz CT molecular complexity index is 791. The van der Waals surface area contributed by atoms with E-state index in [9.17, 15) is 9.50 Å². The second-order valence-electron chi connectivity index (χ2n) is 6.87.